The third kappa shape index (κ3) is 6.64. The molecule has 0 fully saturated rings. The first-order valence-electron chi connectivity index (χ1n) is 12.1. The zero-order valence-corrected chi connectivity index (χ0v) is 21.0. The zero-order chi connectivity index (χ0) is 25.9. The van der Waals surface area contributed by atoms with Crippen LogP contribution in [0.1, 0.15) is 41.9 Å². The highest BCUT2D eigenvalue weighted by molar-refractivity contribution is 6.30. The van der Waals surface area contributed by atoms with Gasteiger partial charge in [0.1, 0.15) is 11.2 Å². The number of carbonyl (C=O) groups is 1. The van der Waals surface area contributed by atoms with Gasteiger partial charge in [0, 0.05) is 23.2 Å². The highest BCUT2D eigenvalue weighted by Gasteiger charge is 2.39. The van der Waals surface area contributed by atoms with E-state index in [2.05, 4.69) is 28.2 Å². The van der Waals surface area contributed by atoms with Crippen molar-refractivity contribution < 1.29 is 4.79 Å². The van der Waals surface area contributed by atoms with Crippen molar-refractivity contribution in [2.75, 3.05) is 5.32 Å². The smallest absolute Gasteiger partial charge is 0.248 e. The van der Waals surface area contributed by atoms with Crippen molar-refractivity contribution in [3.63, 3.8) is 0 Å². The molecule has 0 spiro atoms. The maximum atomic E-state index is 14.1. The number of halogens is 1. The molecule has 1 heterocycles. The van der Waals surface area contributed by atoms with Crippen LogP contribution in [0.3, 0.4) is 0 Å². The summed E-state index contributed by atoms with van der Waals surface area (Å²) in [4.78, 5) is 18.4. The van der Waals surface area contributed by atoms with Crippen LogP contribution in [0.2, 0.25) is 5.02 Å². The van der Waals surface area contributed by atoms with Crippen molar-refractivity contribution in [2.24, 2.45) is 0 Å². The van der Waals surface area contributed by atoms with E-state index in [0.29, 0.717) is 30.1 Å². The average Bonchev–Trinajstić information content (AvgIpc) is 2.94. The number of rotatable bonds is 8. The van der Waals surface area contributed by atoms with Gasteiger partial charge in [0.15, 0.2) is 0 Å². The lowest BCUT2D eigenvalue weighted by molar-refractivity contribution is -0.120. The quantitative estimate of drug-likeness (QED) is 0.260. The monoisotopic (exact) mass is 503 g/mol. The molecule has 1 aromatic heterocycles. The number of pyridine rings is 1. The molecular weight excluding hydrogens is 478 g/mol. The highest BCUT2D eigenvalue weighted by Crippen LogP contribution is 2.36. The molecule has 0 aliphatic heterocycles. The topological polar surface area (TPSA) is 65.8 Å². The molecule has 0 radical (unpaired) electrons. The van der Waals surface area contributed by atoms with Crippen molar-refractivity contribution in [3.05, 3.63) is 131 Å². The second-order valence-electron chi connectivity index (χ2n) is 8.71. The van der Waals surface area contributed by atoms with E-state index in [1.807, 2.05) is 91.0 Å². The fourth-order valence-electron chi connectivity index (χ4n) is 4.29. The number of nitrogens with one attached hydrogen (secondary N) is 1. The number of aromatic nitrogens is 1. The van der Waals surface area contributed by atoms with Crippen LogP contribution in [0.5, 0.6) is 0 Å². The first-order valence-corrected chi connectivity index (χ1v) is 12.5. The molecule has 3 aromatic carbocycles. The van der Waals surface area contributed by atoms with Gasteiger partial charge in [-0.1, -0.05) is 90.2 Å². The fourth-order valence-corrected chi connectivity index (χ4v) is 4.41. The molecule has 0 bridgehead atoms. The largest absolute Gasteiger partial charge is 0.309 e. The standard InChI is InChI=1S/C32H26ClN3O/c33-29-16-14-26(15-17-29)27(20-23-34)19-22-32(28-11-5-2-6-12-28,21-18-25-9-3-1-4-10-25)31(37)36-30-13-7-8-24-35-30/h1-17,24,27H,19-20,22H2,(H,35,36,37). The average molecular weight is 504 g/mol. The van der Waals surface area contributed by atoms with Crippen LogP contribution in [-0.2, 0) is 10.2 Å². The van der Waals surface area contributed by atoms with E-state index in [1.165, 1.54) is 0 Å². The Morgan fingerprint density at radius 1 is 0.919 bits per heavy atom. The summed E-state index contributed by atoms with van der Waals surface area (Å²) in [6.45, 7) is 0. The minimum Gasteiger partial charge on any atom is -0.309 e. The Morgan fingerprint density at radius 2 is 1.59 bits per heavy atom. The Balaban J connectivity index is 1.78. The van der Waals surface area contributed by atoms with Crippen LogP contribution in [0, 0.1) is 23.2 Å². The van der Waals surface area contributed by atoms with Crippen molar-refractivity contribution in [1.29, 1.82) is 5.26 Å². The van der Waals surface area contributed by atoms with Crippen molar-refractivity contribution in [1.82, 2.24) is 4.98 Å². The lowest BCUT2D eigenvalue weighted by Crippen LogP contribution is -2.40. The molecule has 4 rings (SSSR count). The van der Waals surface area contributed by atoms with Gasteiger partial charge in [-0.05, 0) is 66.3 Å². The SMILES string of the molecule is N#CCC(CCC(C#Cc1ccccc1)(C(=O)Nc1ccccn1)c1ccccc1)c1ccc(Cl)cc1. The van der Waals surface area contributed by atoms with E-state index in [-0.39, 0.29) is 11.8 Å². The summed E-state index contributed by atoms with van der Waals surface area (Å²) >= 11 is 6.10. The van der Waals surface area contributed by atoms with Crippen LogP contribution in [0.25, 0.3) is 0 Å². The van der Waals surface area contributed by atoms with Crippen LogP contribution >= 0.6 is 11.6 Å². The number of hydrogen-bond acceptors (Lipinski definition) is 3. The summed E-state index contributed by atoms with van der Waals surface area (Å²) in [5.41, 5.74) is 1.45. The summed E-state index contributed by atoms with van der Waals surface area (Å²) in [5.74, 6) is 6.71. The molecule has 5 heteroatoms. The molecule has 2 unspecified atom stereocenters. The van der Waals surface area contributed by atoms with Gasteiger partial charge in [-0.3, -0.25) is 4.79 Å². The Morgan fingerprint density at radius 3 is 2.24 bits per heavy atom. The third-order valence-corrected chi connectivity index (χ3v) is 6.55. The Bertz CT molecular complexity index is 1410. The van der Waals surface area contributed by atoms with E-state index in [1.54, 1.807) is 18.3 Å². The van der Waals surface area contributed by atoms with Crippen LogP contribution < -0.4 is 5.32 Å². The third-order valence-electron chi connectivity index (χ3n) is 6.30. The molecule has 0 saturated heterocycles. The summed E-state index contributed by atoms with van der Waals surface area (Å²) in [6.07, 6.45) is 2.94. The van der Waals surface area contributed by atoms with E-state index in [0.717, 1.165) is 16.7 Å². The Labute approximate surface area is 223 Å². The molecule has 1 amide bonds. The molecule has 2 atom stereocenters. The van der Waals surface area contributed by atoms with Crippen molar-refractivity contribution >= 4 is 23.3 Å². The van der Waals surface area contributed by atoms with E-state index in [9.17, 15) is 10.1 Å². The van der Waals surface area contributed by atoms with Crippen LogP contribution in [-0.4, -0.2) is 10.9 Å². The van der Waals surface area contributed by atoms with Gasteiger partial charge in [-0.15, -0.1) is 0 Å². The molecule has 182 valence electrons. The molecule has 0 saturated carbocycles. The molecule has 4 nitrogen and oxygen atoms in total. The summed E-state index contributed by atoms with van der Waals surface area (Å²) in [6, 6.07) is 34.4. The molecule has 1 N–H and O–H groups in total. The van der Waals surface area contributed by atoms with E-state index >= 15 is 0 Å². The van der Waals surface area contributed by atoms with Gasteiger partial charge in [-0.25, -0.2) is 4.98 Å². The number of anilines is 1. The van der Waals surface area contributed by atoms with E-state index < -0.39 is 5.41 Å². The number of nitriles is 1. The Hall–Kier alpha value is -4.38. The van der Waals surface area contributed by atoms with Gasteiger partial charge in [0.25, 0.3) is 0 Å². The normalized spacial score (nSPS) is 12.8. The van der Waals surface area contributed by atoms with Crippen LogP contribution in [0.4, 0.5) is 5.82 Å². The van der Waals surface area contributed by atoms with Gasteiger partial charge >= 0.3 is 0 Å². The highest BCUT2D eigenvalue weighted by atomic mass is 35.5. The molecule has 0 aliphatic rings. The number of amides is 1. The summed E-state index contributed by atoms with van der Waals surface area (Å²) < 4.78 is 0. The van der Waals surface area contributed by atoms with Gasteiger partial charge < -0.3 is 5.32 Å². The van der Waals surface area contributed by atoms with Gasteiger partial charge in [0.05, 0.1) is 6.07 Å². The lowest BCUT2D eigenvalue weighted by Gasteiger charge is -2.29. The minimum absolute atomic E-state index is 0.0773. The van der Waals surface area contributed by atoms with Crippen molar-refractivity contribution in [3.8, 4) is 17.9 Å². The maximum absolute atomic E-state index is 14.1. The first-order chi connectivity index (χ1) is 18.1. The molecule has 0 aliphatic carbocycles. The van der Waals surface area contributed by atoms with Gasteiger partial charge in [-0.2, -0.15) is 5.26 Å². The predicted molar refractivity (Wildman–Crippen MR) is 148 cm³/mol. The fraction of sp³-hybridized carbons (Fsp3) is 0.156. The minimum atomic E-state index is -1.17. The molecular formula is C32H26ClN3O. The first kappa shape index (κ1) is 25.7. The zero-order valence-electron chi connectivity index (χ0n) is 20.3. The maximum Gasteiger partial charge on any atom is 0.248 e. The van der Waals surface area contributed by atoms with Crippen molar-refractivity contribution in [2.45, 2.75) is 30.6 Å². The second-order valence-corrected chi connectivity index (χ2v) is 9.14. The number of carbonyl (C=O) groups excluding carboxylic acids is 1. The summed E-state index contributed by atoms with van der Waals surface area (Å²) in [7, 11) is 0. The summed E-state index contributed by atoms with van der Waals surface area (Å²) in [5, 5.41) is 13.2. The number of benzene rings is 3. The Kier molecular flexibility index (Phi) is 8.71. The lowest BCUT2D eigenvalue weighted by atomic mass is 9.73. The van der Waals surface area contributed by atoms with Crippen LogP contribution in [0.15, 0.2) is 109 Å². The number of hydrogen-bond donors (Lipinski definition) is 1. The van der Waals surface area contributed by atoms with E-state index in [4.69, 9.17) is 11.6 Å². The number of nitrogens with zero attached hydrogens (tertiary/aromatic N) is 2. The van der Waals surface area contributed by atoms with Gasteiger partial charge in [0.2, 0.25) is 5.91 Å². The molecule has 37 heavy (non-hydrogen) atoms. The molecule has 4 aromatic rings. The predicted octanol–water partition coefficient (Wildman–Crippen LogP) is 7.14. The second kappa shape index (κ2) is 12.5.